The highest BCUT2D eigenvalue weighted by molar-refractivity contribution is 6.30. The van der Waals surface area contributed by atoms with Crippen molar-refractivity contribution in [3.05, 3.63) is 16.7 Å². The van der Waals surface area contributed by atoms with E-state index in [4.69, 9.17) is 16.3 Å². The number of rotatable bonds is 2. The lowest BCUT2D eigenvalue weighted by Crippen LogP contribution is -2.28. The molecule has 0 aromatic carbocycles. The number of methoxy groups -OCH3 is 1. The van der Waals surface area contributed by atoms with Crippen molar-refractivity contribution in [2.45, 2.75) is 52.5 Å². The molecule has 19 heavy (non-hydrogen) atoms. The van der Waals surface area contributed by atoms with Crippen molar-refractivity contribution in [3.63, 3.8) is 0 Å². The third-order valence-corrected chi connectivity index (χ3v) is 3.70. The van der Waals surface area contributed by atoms with Gasteiger partial charge in [-0.25, -0.2) is 9.78 Å². The number of ether oxygens (including phenoxy) is 1. The fourth-order valence-corrected chi connectivity index (χ4v) is 2.91. The smallest absolute Gasteiger partial charge is 0.328 e. The van der Waals surface area contributed by atoms with Crippen LogP contribution in [-0.4, -0.2) is 22.6 Å². The maximum absolute atomic E-state index is 11.9. The van der Waals surface area contributed by atoms with E-state index in [1.54, 1.807) is 0 Å². The Labute approximate surface area is 119 Å². The predicted octanol–water partition coefficient (Wildman–Crippen LogP) is 3.18. The van der Waals surface area contributed by atoms with Gasteiger partial charge in [-0.2, -0.15) is 0 Å². The maximum atomic E-state index is 11.9. The summed E-state index contributed by atoms with van der Waals surface area (Å²) in [6.07, 6.45) is 3.41. The summed E-state index contributed by atoms with van der Waals surface area (Å²) in [5, 5.41) is 0.535. The van der Waals surface area contributed by atoms with Gasteiger partial charge in [-0.15, -0.1) is 0 Å². The first kappa shape index (κ1) is 14.4. The molecule has 1 aliphatic rings. The molecule has 0 bridgehead atoms. The molecule has 0 amide bonds. The normalized spacial score (nSPS) is 19.1. The Morgan fingerprint density at radius 2 is 2.21 bits per heavy atom. The molecule has 4 nitrogen and oxygen atoms in total. The molecule has 0 N–H and O–H groups in total. The van der Waals surface area contributed by atoms with Crippen molar-refractivity contribution in [1.82, 2.24) is 9.55 Å². The van der Waals surface area contributed by atoms with Crippen molar-refractivity contribution >= 4 is 17.6 Å². The van der Waals surface area contributed by atoms with Gasteiger partial charge >= 0.3 is 5.97 Å². The largest absolute Gasteiger partial charge is 0.467 e. The van der Waals surface area contributed by atoms with Gasteiger partial charge in [-0.3, -0.25) is 0 Å². The van der Waals surface area contributed by atoms with E-state index in [1.165, 1.54) is 7.11 Å². The predicted molar refractivity (Wildman–Crippen MR) is 74.4 cm³/mol. The summed E-state index contributed by atoms with van der Waals surface area (Å²) in [5.74, 6) is 0.688. The fourth-order valence-electron chi connectivity index (χ4n) is 2.63. The molecule has 5 heteroatoms. The highest BCUT2D eigenvalue weighted by Crippen LogP contribution is 2.34. The van der Waals surface area contributed by atoms with Gasteiger partial charge in [0.15, 0.2) is 5.15 Å². The number of fused-ring (bicyclic) bond motifs is 1. The number of hydrogen-bond donors (Lipinski definition) is 0. The number of halogens is 1. The van der Waals surface area contributed by atoms with Crippen LogP contribution < -0.4 is 0 Å². The van der Waals surface area contributed by atoms with Gasteiger partial charge in [0.25, 0.3) is 0 Å². The van der Waals surface area contributed by atoms with E-state index in [1.807, 2.05) is 4.57 Å². The Morgan fingerprint density at radius 1 is 1.53 bits per heavy atom. The minimum absolute atomic E-state index is 0.101. The van der Waals surface area contributed by atoms with E-state index in [-0.39, 0.29) is 17.4 Å². The van der Waals surface area contributed by atoms with Crippen LogP contribution in [0.3, 0.4) is 0 Å². The summed E-state index contributed by atoms with van der Waals surface area (Å²) in [6, 6.07) is -0.272. The zero-order chi connectivity index (χ0) is 14.2. The highest BCUT2D eigenvalue weighted by atomic mass is 35.5. The summed E-state index contributed by atoms with van der Waals surface area (Å²) in [7, 11) is 1.43. The van der Waals surface area contributed by atoms with E-state index in [2.05, 4.69) is 25.8 Å². The lowest BCUT2D eigenvalue weighted by atomic mass is 9.91. The molecule has 2 heterocycles. The van der Waals surface area contributed by atoms with Gasteiger partial charge in [0.1, 0.15) is 11.9 Å². The van der Waals surface area contributed by atoms with E-state index < -0.39 is 0 Å². The van der Waals surface area contributed by atoms with Gasteiger partial charge in [0.2, 0.25) is 0 Å². The number of carbonyl (C=O) groups is 1. The standard InChI is InChI=1S/C14H21ClN2O2/c1-14(2,3)8-11-16-12(15)9-6-5-7-10(17(9)11)13(18)19-4/h10H,5-8H2,1-4H3. The number of nitrogens with zero attached hydrogens (tertiary/aromatic N) is 2. The maximum Gasteiger partial charge on any atom is 0.328 e. The summed E-state index contributed by atoms with van der Waals surface area (Å²) in [6.45, 7) is 6.45. The summed E-state index contributed by atoms with van der Waals surface area (Å²) in [4.78, 5) is 16.4. The number of imidazole rings is 1. The van der Waals surface area contributed by atoms with E-state index >= 15 is 0 Å². The fraction of sp³-hybridized carbons (Fsp3) is 0.714. The van der Waals surface area contributed by atoms with Crippen LogP contribution in [-0.2, 0) is 22.4 Å². The molecule has 1 unspecified atom stereocenters. The summed E-state index contributed by atoms with van der Waals surface area (Å²) >= 11 is 6.22. The van der Waals surface area contributed by atoms with Crippen molar-refractivity contribution in [2.24, 2.45) is 5.41 Å². The average Bonchev–Trinajstić information content (AvgIpc) is 2.63. The SMILES string of the molecule is COC(=O)C1CCCc2c(Cl)nc(CC(C)(C)C)n21. The molecule has 1 atom stereocenters. The number of carbonyl (C=O) groups excluding carboxylic acids is 1. The minimum Gasteiger partial charge on any atom is -0.467 e. The first-order chi connectivity index (χ1) is 8.83. The second-order valence-corrected chi connectivity index (χ2v) is 6.66. The van der Waals surface area contributed by atoms with Crippen molar-refractivity contribution in [2.75, 3.05) is 7.11 Å². The van der Waals surface area contributed by atoms with Crippen LogP contribution in [0.1, 0.15) is 51.2 Å². The zero-order valence-electron chi connectivity index (χ0n) is 12.0. The van der Waals surface area contributed by atoms with Crippen LogP contribution in [0.4, 0.5) is 0 Å². The topological polar surface area (TPSA) is 44.1 Å². The van der Waals surface area contributed by atoms with E-state index in [0.717, 1.165) is 37.2 Å². The highest BCUT2D eigenvalue weighted by Gasteiger charge is 2.32. The van der Waals surface area contributed by atoms with Crippen molar-refractivity contribution in [1.29, 1.82) is 0 Å². The van der Waals surface area contributed by atoms with Crippen LogP contribution in [0.2, 0.25) is 5.15 Å². The van der Waals surface area contributed by atoms with E-state index in [9.17, 15) is 4.79 Å². The van der Waals surface area contributed by atoms with Gasteiger partial charge in [-0.05, 0) is 24.7 Å². The Morgan fingerprint density at radius 3 is 2.79 bits per heavy atom. The van der Waals surface area contributed by atoms with Gasteiger partial charge < -0.3 is 9.30 Å². The van der Waals surface area contributed by atoms with Crippen molar-refractivity contribution in [3.8, 4) is 0 Å². The Kier molecular flexibility index (Phi) is 3.90. The molecule has 0 radical (unpaired) electrons. The second-order valence-electron chi connectivity index (χ2n) is 6.30. The number of esters is 1. The quantitative estimate of drug-likeness (QED) is 0.784. The molecule has 0 spiro atoms. The number of aromatic nitrogens is 2. The Hall–Kier alpha value is -1.03. The molecule has 0 saturated heterocycles. The molecule has 106 valence electrons. The van der Waals surface area contributed by atoms with Crippen LogP contribution in [0.5, 0.6) is 0 Å². The Bertz CT molecular complexity index is 488. The molecule has 1 aromatic rings. The third-order valence-electron chi connectivity index (χ3n) is 3.40. The Balaban J connectivity index is 2.44. The molecular formula is C14H21ClN2O2. The average molecular weight is 285 g/mol. The van der Waals surface area contributed by atoms with E-state index in [0.29, 0.717) is 5.15 Å². The monoisotopic (exact) mass is 284 g/mol. The van der Waals surface area contributed by atoms with Crippen LogP contribution in [0, 0.1) is 5.41 Å². The zero-order valence-corrected chi connectivity index (χ0v) is 12.8. The molecule has 0 fully saturated rings. The first-order valence-electron chi connectivity index (χ1n) is 6.67. The molecular weight excluding hydrogens is 264 g/mol. The minimum atomic E-state index is -0.272. The van der Waals surface area contributed by atoms with Crippen LogP contribution in [0.15, 0.2) is 0 Å². The van der Waals surface area contributed by atoms with Crippen molar-refractivity contribution < 1.29 is 9.53 Å². The molecule has 0 aliphatic carbocycles. The number of hydrogen-bond acceptors (Lipinski definition) is 3. The molecule has 2 rings (SSSR count). The first-order valence-corrected chi connectivity index (χ1v) is 7.04. The van der Waals surface area contributed by atoms with Gasteiger partial charge in [-0.1, -0.05) is 32.4 Å². The third kappa shape index (κ3) is 2.94. The lowest BCUT2D eigenvalue weighted by Gasteiger charge is -2.27. The van der Waals surface area contributed by atoms with Gasteiger partial charge in [0, 0.05) is 6.42 Å². The second kappa shape index (κ2) is 5.16. The summed E-state index contributed by atoms with van der Waals surface area (Å²) in [5.41, 5.74) is 1.08. The molecule has 0 saturated carbocycles. The lowest BCUT2D eigenvalue weighted by molar-refractivity contribution is -0.145. The van der Waals surface area contributed by atoms with Gasteiger partial charge in [0.05, 0.1) is 12.8 Å². The molecule has 1 aliphatic heterocycles. The van der Waals surface area contributed by atoms with Crippen LogP contribution in [0.25, 0.3) is 0 Å². The summed E-state index contributed by atoms with van der Waals surface area (Å²) < 4.78 is 6.91. The van der Waals surface area contributed by atoms with Crippen LogP contribution >= 0.6 is 11.6 Å². The molecule has 1 aromatic heterocycles.